The number of carbonyl (C=O) groups excluding carboxylic acids is 1. The predicted molar refractivity (Wildman–Crippen MR) is 97.1 cm³/mol. The topological polar surface area (TPSA) is 120 Å². The zero-order valence-corrected chi connectivity index (χ0v) is 15.1. The molecule has 3 rings (SSSR count). The fourth-order valence-corrected chi connectivity index (χ4v) is 3.67. The van der Waals surface area contributed by atoms with Crippen LogP contribution in [0.25, 0.3) is 0 Å². The van der Waals surface area contributed by atoms with Gasteiger partial charge in [0.1, 0.15) is 5.82 Å². The molecule has 10 heteroatoms. The first-order valence-electron chi connectivity index (χ1n) is 8.18. The van der Waals surface area contributed by atoms with Gasteiger partial charge < -0.3 is 14.9 Å². The summed E-state index contributed by atoms with van der Waals surface area (Å²) in [7, 11) is -3.91. The van der Waals surface area contributed by atoms with Crippen LogP contribution in [0.5, 0.6) is 0 Å². The largest absolute Gasteiger partial charge is 0.478 e. The van der Waals surface area contributed by atoms with E-state index in [2.05, 4.69) is 9.71 Å². The van der Waals surface area contributed by atoms with Crippen molar-refractivity contribution in [2.75, 3.05) is 31.1 Å². The Morgan fingerprint density at radius 3 is 2.22 bits per heavy atom. The average molecular weight is 390 g/mol. The van der Waals surface area contributed by atoms with E-state index in [9.17, 15) is 18.0 Å². The molecule has 2 amide bonds. The van der Waals surface area contributed by atoms with E-state index >= 15 is 0 Å². The van der Waals surface area contributed by atoms with Gasteiger partial charge in [-0.15, -0.1) is 0 Å². The number of carboxylic acid groups (broad SMARTS) is 1. The highest BCUT2D eigenvalue weighted by atomic mass is 32.2. The van der Waals surface area contributed by atoms with E-state index in [0.29, 0.717) is 32.0 Å². The Balaban J connectivity index is 1.58. The third kappa shape index (κ3) is 4.34. The summed E-state index contributed by atoms with van der Waals surface area (Å²) in [5.41, 5.74) is 0.0999. The maximum Gasteiger partial charge on any atom is 0.337 e. The number of hydrogen-bond acceptors (Lipinski definition) is 6. The second-order valence-corrected chi connectivity index (χ2v) is 7.59. The van der Waals surface area contributed by atoms with E-state index in [1.165, 1.54) is 29.3 Å². The first kappa shape index (κ1) is 18.6. The number of hydrogen-bond donors (Lipinski definition) is 2. The molecule has 0 atom stereocenters. The zero-order chi connectivity index (χ0) is 19.4. The van der Waals surface area contributed by atoms with Crippen molar-refractivity contribution in [1.82, 2.24) is 14.6 Å². The third-order valence-electron chi connectivity index (χ3n) is 4.16. The van der Waals surface area contributed by atoms with Crippen molar-refractivity contribution in [2.45, 2.75) is 4.90 Å². The molecule has 2 N–H and O–H groups in total. The molecule has 1 aromatic carbocycles. The fourth-order valence-electron chi connectivity index (χ4n) is 2.68. The molecule has 0 unspecified atom stereocenters. The lowest BCUT2D eigenvalue weighted by atomic mass is 10.2. The maximum atomic E-state index is 12.3. The van der Waals surface area contributed by atoms with Crippen LogP contribution in [0, 0.1) is 0 Å². The number of carboxylic acids is 1. The Hall–Kier alpha value is -3.14. The number of rotatable bonds is 4. The van der Waals surface area contributed by atoms with Gasteiger partial charge in [0.25, 0.3) is 10.0 Å². The molecule has 0 saturated carbocycles. The van der Waals surface area contributed by atoms with Crippen LogP contribution in [0.1, 0.15) is 10.4 Å². The van der Waals surface area contributed by atoms with Crippen LogP contribution in [-0.2, 0) is 10.0 Å². The summed E-state index contributed by atoms with van der Waals surface area (Å²) in [5, 5.41) is 8.90. The molecule has 9 nitrogen and oxygen atoms in total. The van der Waals surface area contributed by atoms with Crippen LogP contribution >= 0.6 is 0 Å². The first-order chi connectivity index (χ1) is 12.9. The summed E-state index contributed by atoms with van der Waals surface area (Å²) in [6.45, 7) is 1.55. The average Bonchev–Trinajstić information content (AvgIpc) is 2.68. The van der Waals surface area contributed by atoms with Gasteiger partial charge in [0.15, 0.2) is 0 Å². The van der Waals surface area contributed by atoms with Gasteiger partial charge >= 0.3 is 12.0 Å². The number of nitrogens with one attached hydrogen (secondary N) is 1. The molecule has 0 aliphatic carbocycles. The lowest BCUT2D eigenvalue weighted by Crippen LogP contribution is -2.52. The van der Waals surface area contributed by atoms with Gasteiger partial charge in [0.2, 0.25) is 0 Å². The van der Waals surface area contributed by atoms with E-state index < -0.39 is 22.0 Å². The summed E-state index contributed by atoms with van der Waals surface area (Å²) in [6, 6.07) is 10.1. The number of aromatic nitrogens is 1. The number of piperazine rings is 1. The number of sulfonamides is 1. The molecule has 1 aliphatic heterocycles. The van der Waals surface area contributed by atoms with Crippen molar-refractivity contribution < 1.29 is 23.1 Å². The minimum Gasteiger partial charge on any atom is -0.478 e. The van der Waals surface area contributed by atoms with Gasteiger partial charge in [-0.25, -0.2) is 27.7 Å². The van der Waals surface area contributed by atoms with Gasteiger partial charge in [-0.1, -0.05) is 18.2 Å². The van der Waals surface area contributed by atoms with Crippen LogP contribution < -0.4 is 9.62 Å². The predicted octanol–water partition coefficient (Wildman–Crippen LogP) is 1.00. The molecule has 2 aromatic rings. The number of anilines is 1. The highest BCUT2D eigenvalue weighted by molar-refractivity contribution is 7.90. The lowest BCUT2D eigenvalue weighted by Gasteiger charge is -2.35. The van der Waals surface area contributed by atoms with Gasteiger partial charge in [0.05, 0.1) is 10.5 Å². The summed E-state index contributed by atoms with van der Waals surface area (Å²) < 4.78 is 26.5. The lowest BCUT2D eigenvalue weighted by molar-refractivity contribution is 0.0696. The number of nitrogens with zero attached hydrogens (tertiary/aromatic N) is 3. The van der Waals surface area contributed by atoms with Crippen LogP contribution in [0.4, 0.5) is 10.6 Å². The molecular weight excluding hydrogens is 372 g/mol. The number of carbonyl (C=O) groups is 2. The van der Waals surface area contributed by atoms with E-state index in [-0.39, 0.29) is 10.5 Å². The number of amides is 2. The summed E-state index contributed by atoms with van der Waals surface area (Å²) in [6.07, 6.45) is 1.28. The molecule has 0 spiro atoms. The molecular formula is C17H18N4O5S. The fraction of sp³-hybridized carbons (Fsp3) is 0.235. The Morgan fingerprint density at radius 2 is 1.67 bits per heavy atom. The molecule has 142 valence electrons. The molecule has 0 radical (unpaired) electrons. The SMILES string of the molecule is O=C(O)c1ccc(N2CCN(C(=O)NS(=O)(=O)c3ccccc3)CC2)nc1. The molecule has 1 aliphatic rings. The Kier molecular flexibility index (Phi) is 5.26. The van der Waals surface area contributed by atoms with Crippen molar-refractivity contribution in [1.29, 1.82) is 0 Å². The van der Waals surface area contributed by atoms with Crippen molar-refractivity contribution in [3.05, 3.63) is 54.2 Å². The standard InChI is InChI=1S/C17H18N4O5S/c22-16(23)13-6-7-15(18-12-13)20-8-10-21(11-9-20)17(24)19-27(25,26)14-4-2-1-3-5-14/h1-7,12H,8-11H2,(H,19,24)(H,22,23). The number of aromatic carboxylic acids is 1. The second-order valence-electron chi connectivity index (χ2n) is 5.91. The quantitative estimate of drug-likeness (QED) is 0.799. The highest BCUT2D eigenvalue weighted by Gasteiger charge is 2.25. The van der Waals surface area contributed by atoms with E-state index in [1.807, 2.05) is 4.90 Å². The highest BCUT2D eigenvalue weighted by Crippen LogP contribution is 2.15. The molecule has 2 heterocycles. The van der Waals surface area contributed by atoms with E-state index in [0.717, 1.165) is 0 Å². The second kappa shape index (κ2) is 7.62. The van der Waals surface area contributed by atoms with Crippen molar-refractivity contribution in [3.8, 4) is 0 Å². The van der Waals surface area contributed by atoms with Gasteiger partial charge in [-0.05, 0) is 24.3 Å². The first-order valence-corrected chi connectivity index (χ1v) is 9.66. The van der Waals surface area contributed by atoms with Crippen LogP contribution in [-0.4, -0.2) is 61.6 Å². The van der Waals surface area contributed by atoms with Crippen LogP contribution in [0.2, 0.25) is 0 Å². The Bertz CT molecular complexity index is 924. The van der Waals surface area contributed by atoms with Crippen molar-refractivity contribution >= 4 is 27.8 Å². The molecule has 0 bridgehead atoms. The smallest absolute Gasteiger partial charge is 0.337 e. The molecule has 1 aromatic heterocycles. The van der Waals surface area contributed by atoms with E-state index in [4.69, 9.17) is 5.11 Å². The normalized spacial score (nSPS) is 14.7. The molecule has 1 saturated heterocycles. The van der Waals surface area contributed by atoms with Gasteiger partial charge in [-0.2, -0.15) is 0 Å². The summed E-state index contributed by atoms with van der Waals surface area (Å²) in [5.74, 6) is -0.438. The zero-order valence-electron chi connectivity index (χ0n) is 14.3. The Labute approximate surface area is 156 Å². The number of benzene rings is 1. The minimum absolute atomic E-state index is 0.0275. The van der Waals surface area contributed by atoms with Gasteiger partial charge in [0, 0.05) is 32.4 Å². The summed E-state index contributed by atoms with van der Waals surface area (Å²) in [4.78, 5) is 30.6. The van der Waals surface area contributed by atoms with Crippen LogP contribution in [0.3, 0.4) is 0 Å². The molecule has 27 heavy (non-hydrogen) atoms. The van der Waals surface area contributed by atoms with Crippen molar-refractivity contribution in [3.63, 3.8) is 0 Å². The third-order valence-corrected chi connectivity index (χ3v) is 5.50. The van der Waals surface area contributed by atoms with Gasteiger partial charge in [-0.3, -0.25) is 0 Å². The maximum absolute atomic E-state index is 12.3. The van der Waals surface area contributed by atoms with E-state index in [1.54, 1.807) is 24.3 Å². The summed E-state index contributed by atoms with van der Waals surface area (Å²) >= 11 is 0. The van der Waals surface area contributed by atoms with Crippen LogP contribution in [0.15, 0.2) is 53.6 Å². The van der Waals surface area contributed by atoms with Crippen molar-refractivity contribution in [2.24, 2.45) is 0 Å². The Morgan fingerprint density at radius 1 is 1.00 bits per heavy atom. The molecule has 1 fully saturated rings. The number of pyridine rings is 1. The minimum atomic E-state index is -3.91. The monoisotopic (exact) mass is 390 g/mol. The number of urea groups is 1.